The molecule has 0 saturated carbocycles. The number of thiophene rings is 1. The van der Waals surface area contributed by atoms with E-state index in [1.54, 1.807) is 66.3 Å². The molecule has 0 bridgehead atoms. The standard InChI is InChI=1S/C26H20ClN5O3S/c27-19-13-16(7-8-18(19)24(33)31-22-6-2-4-11-29-22)15-32-21(14-17-5-1-3-10-28-17)25(34)30-20-9-12-36-23(20)26(32)35/h1-13,21H,14-15H2,(H,30,34)(H,29,31,33)/t21-/m1/s1. The summed E-state index contributed by atoms with van der Waals surface area (Å²) in [6, 6.07) is 16.6. The Morgan fingerprint density at radius 1 is 1.06 bits per heavy atom. The second kappa shape index (κ2) is 10.3. The molecular formula is C26H20ClN5O3S. The maximum Gasteiger partial charge on any atom is 0.267 e. The van der Waals surface area contributed by atoms with Gasteiger partial charge >= 0.3 is 0 Å². The Hall–Kier alpha value is -4.08. The summed E-state index contributed by atoms with van der Waals surface area (Å²) in [6.07, 6.45) is 3.49. The molecule has 4 heterocycles. The summed E-state index contributed by atoms with van der Waals surface area (Å²) >= 11 is 7.74. The van der Waals surface area contributed by atoms with Gasteiger partial charge in [-0.05, 0) is 53.4 Å². The normalized spacial score (nSPS) is 15.1. The lowest BCUT2D eigenvalue weighted by molar-refractivity contribution is -0.120. The average molecular weight is 518 g/mol. The van der Waals surface area contributed by atoms with Gasteiger partial charge in [-0.25, -0.2) is 4.98 Å². The van der Waals surface area contributed by atoms with E-state index in [0.29, 0.717) is 27.6 Å². The van der Waals surface area contributed by atoms with Crippen LogP contribution in [0.2, 0.25) is 5.02 Å². The number of nitrogens with zero attached hydrogens (tertiary/aromatic N) is 3. The van der Waals surface area contributed by atoms with Crippen LogP contribution in [0.15, 0.2) is 78.4 Å². The van der Waals surface area contributed by atoms with Gasteiger partial charge in [-0.15, -0.1) is 11.3 Å². The fraction of sp³-hybridized carbons (Fsp3) is 0.115. The molecule has 5 rings (SSSR count). The van der Waals surface area contributed by atoms with Crippen LogP contribution in [-0.2, 0) is 17.8 Å². The molecule has 0 radical (unpaired) electrons. The van der Waals surface area contributed by atoms with E-state index in [1.165, 1.54) is 16.2 Å². The van der Waals surface area contributed by atoms with Crippen LogP contribution < -0.4 is 10.6 Å². The molecule has 0 aliphatic carbocycles. The van der Waals surface area contributed by atoms with E-state index in [4.69, 9.17) is 11.6 Å². The highest BCUT2D eigenvalue weighted by Crippen LogP contribution is 2.30. The minimum atomic E-state index is -0.780. The summed E-state index contributed by atoms with van der Waals surface area (Å²) in [5.41, 5.74) is 2.15. The summed E-state index contributed by atoms with van der Waals surface area (Å²) in [4.78, 5) is 49.8. The molecule has 8 nitrogen and oxygen atoms in total. The highest BCUT2D eigenvalue weighted by atomic mass is 35.5. The van der Waals surface area contributed by atoms with E-state index < -0.39 is 11.9 Å². The number of carbonyl (C=O) groups excluding carboxylic acids is 3. The molecule has 2 N–H and O–H groups in total. The molecule has 10 heteroatoms. The van der Waals surface area contributed by atoms with Crippen molar-refractivity contribution < 1.29 is 14.4 Å². The van der Waals surface area contributed by atoms with Gasteiger partial charge in [-0.1, -0.05) is 29.8 Å². The number of amides is 3. The SMILES string of the molecule is O=C(Nc1ccccn1)c1ccc(CN2C(=O)c3sccc3NC(=O)[C@H]2Cc2ccccn2)cc1Cl. The molecule has 0 spiro atoms. The van der Waals surface area contributed by atoms with Crippen LogP contribution in [0, 0.1) is 0 Å². The monoisotopic (exact) mass is 517 g/mol. The number of halogens is 1. The summed E-state index contributed by atoms with van der Waals surface area (Å²) in [6.45, 7) is 0.128. The molecule has 0 saturated heterocycles. The number of carbonyl (C=O) groups is 3. The largest absolute Gasteiger partial charge is 0.323 e. The Kier molecular flexibility index (Phi) is 6.75. The van der Waals surface area contributed by atoms with Crippen molar-refractivity contribution in [3.8, 4) is 0 Å². The zero-order valence-electron chi connectivity index (χ0n) is 18.8. The first-order valence-electron chi connectivity index (χ1n) is 11.1. The Bertz CT molecular complexity index is 1430. The van der Waals surface area contributed by atoms with Gasteiger partial charge < -0.3 is 15.5 Å². The number of anilines is 2. The minimum Gasteiger partial charge on any atom is -0.323 e. The predicted molar refractivity (Wildman–Crippen MR) is 138 cm³/mol. The van der Waals surface area contributed by atoms with Crippen molar-refractivity contribution in [2.24, 2.45) is 0 Å². The first-order chi connectivity index (χ1) is 17.5. The van der Waals surface area contributed by atoms with Crippen molar-refractivity contribution in [3.63, 3.8) is 0 Å². The fourth-order valence-corrected chi connectivity index (χ4v) is 5.06. The molecule has 36 heavy (non-hydrogen) atoms. The minimum absolute atomic E-state index is 0.128. The molecule has 3 amide bonds. The van der Waals surface area contributed by atoms with Gasteiger partial charge in [0.25, 0.3) is 11.8 Å². The number of benzene rings is 1. The van der Waals surface area contributed by atoms with E-state index in [1.807, 2.05) is 12.1 Å². The zero-order valence-corrected chi connectivity index (χ0v) is 20.4. The molecule has 1 aromatic carbocycles. The lowest BCUT2D eigenvalue weighted by Gasteiger charge is -2.28. The fourth-order valence-electron chi connectivity index (χ4n) is 3.96. The first kappa shape index (κ1) is 23.7. The van der Waals surface area contributed by atoms with E-state index in [0.717, 1.165) is 0 Å². The molecule has 4 aromatic rings. The lowest BCUT2D eigenvalue weighted by Crippen LogP contribution is -2.46. The van der Waals surface area contributed by atoms with Gasteiger partial charge in [0.05, 0.1) is 16.3 Å². The molecule has 0 unspecified atom stereocenters. The van der Waals surface area contributed by atoms with Crippen LogP contribution in [-0.4, -0.2) is 38.6 Å². The smallest absolute Gasteiger partial charge is 0.267 e. The topological polar surface area (TPSA) is 104 Å². The van der Waals surface area contributed by atoms with Crippen molar-refractivity contribution in [3.05, 3.63) is 105 Å². The maximum atomic E-state index is 13.5. The number of hydrogen-bond acceptors (Lipinski definition) is 6. The lowest BCUT2D eigenvalue weighted by atomic mass is 10.1. The molecule has 3 aromatic heterocycles. The number of fused-ring (bicyclic) bond motifs is 1. The van der Waals surface area contributed by atoms with E-state index in [2.05, 4.69) is 20.6 Å². The number of aromatic nitrogens is 2. The molecule has 1 atom stereocenters. The van der Waals surface area contributed by atoms with E-state index in [9.17, 15) is 14.4 Å². The zero-order chi connectivity index (χ0) is 25.1. The van der Waals surface area contributed by atoms with Crippen LogP contribution in [0.5, 0.6) is 0 Å². The summed E-state index contributed by atoms with van der Waals surface area (Å²) < 4.78 is 0. The van der Waals surface area contributed by atoms with Crippen LogP contribution in [0.4, 0.5) is 11.5 Å². The van der Waals surface area contributed by atoms with Crippen molar-refractivity contribution in [2.75, 3.05) is 10.6 Å². The Labute approximate surface area is 216 Å². The van der Waals surface area contributed by atoms with Crippen LogP contribution >= 0.6 is 22.9 Å². The van der Waals surface area contributed by atoms with Gasteiger partial charge in [-0.3, -0.25) is 19.4 Å². The second-order valence-electron chi connectivity index (χ2n) is 8.11. The second-order valence-corrected chi connectivity index (χ2v) is 9.43. The van der Waals surface area contributed by atoms with Crippen molar-refractivity contribution in [1.29, 1.82) is 0 Å². The van der Waals surface area contributed by atoms with Crippen LogP contribution in [0.25, 0.3) is 0 Å². The van der Waals surface area contributed by atoms with Crippen molar-refractivity contribution in [1.82, 2.24) is 14.9 Å². The van der Waals surface area contributed by atoms with Gasteiger partial charge in [-0.2, -0.15) is 0 Å². The maximum absolute atomic E-state index is 13.5. The highest BCUT2D eigenvalue weighted by Gasteiger charge is 2.36. The van der Waals surface area contributed by atoms with Gasteiger partial charge in [0, 0.05) is 31.1 Å². The van der Waals surface area contributed by atoms with Crippen molar-refractivity contribution in [2.45, 2.75) is 19.0 Å². The quantitative estimate of drug-likeness (QED) is 0.387. The van der Waals surface area contributed by atoms with Gasteiger partial charge in [0.2, 0.25) is 5.91 Å². The Balaban J connectivity index is 1.42. The average Bonchev–Trinajstić information content (AvgIpc) is 3.32. The van der Waals surface area contributed by atoms with E-state index >= 15 is 0 Å². The molecule has 1 aliphatic heterocycles. The Morgan fingerprint density at radius 2 is 1.86 bits per heavy atom. The van der Waals surface area contributed by atoms with Crippen LogP contribution in [0.1, 0.15) is 31.3 Å². The Morgan fingerprint density at radius 3 is 2.58 bits per heavy atom. The number of hydrogen-bond donors (Lipinski definition) is 2. The summed E-state index contributed by atoms with van der Waals surface area (Å²) in [7, 11) is 0. The van der Waals surface area contributed by atoms with Crippen molar-refractivity contribution >= 4 is 52.2 Å². The highest BCUT2D eigenvalue weighted by molar-refractivity contribution is 7.12. The summed E-state index contributed by atoms with van der Waals surface area (Å²) in [5, 5.41) is 7.58. The molecule has 1 aliphatic rings. The van der Waals surface area contributed by atoms with Crippen LogP contribution in [0.3, 0.4) is 0 Å². The predicted octanol–water partition coefficient (Wildman–Crippen LogP) is 4.65. The molecule has 0 fully saturated rings. The van der Waals surface area contributed by atoms with Gasteiger partial charge in [0.1, 0.15) is 16.7 Å². The van der Waals surface area contributed by atoms with E-state index in [-0.39, 0.29) is 35.4 Å². The molecule has 180 valence electrons. The third-order valence-electron chi connectivity index (χ3n) is 5.72. The van der Waals surface area contributed by atoms with Gasteiger partial charge in [0.15, 0.2) is 0 Å². The summed E-state index contributed by atoms with van der Waals surface area (Å²) in [5.74, 6) is -0.532. The third-order valence-corrected chi connectivity index (χ3v) is 6.94. The molecular weight excluding hydrogens is 498 g/mol. The third kappa shape index (κ3) is 4.98. The first-order valence-corrected chi connectivity index (χ1v) is 12.4. The number of rotatable bonds is 6. The number of pyridine rings is 2. The number of nitrogens with one attached hydrogen (secondary N) is 2.